The monoisotopic (exact) mass is 289 g/mol. The van der Waals surface area contributed by atoms with E-state index >= 15 is 0 Å². The molecule has 1 atom stereocenters. The summed E-state index contributed by atoms with van der Waals surface area (Å²) in [5.41, 5.74) is 0.381. The van der Waals surface area contributed by atoms with E-state index in [0.29, 0.717) is 16.6 Å². The number of aliphatic hydroxyl groups excluding tert-OH is 1. The van der Waals surface area contributed by atoms with Crippen LogP contribution in [0.3, 0.4) is 0 Å². The fourth-order valence-electron chi connectivity index (χ4n) is 1.10. The molecule has 0 bridgehead atoms. The van der Waals surface area contributed by atoms with Crippen LogP contribution >= 0.6 is 15.9 Å². The summed E-state index contributed by atoms with van der Waals surface area (Å²) >= 11 is 3.12. The lowest BCUT2D eigenvalue weighted by molar-refractivity contribution is 0.0941. The molecule has 1 unspecified atom stereocenters. The number of nitrogens with one attached hydrogen (secondary N) is 1. The number of amides is 1. The van der Waals surface area contributed by atoms with E-state index in [9.17, 15) is 9.18 Å². The number of hydrogen-bond acceptors (Lipinski definition) is 2. The summed E-state index contributed by atoms with van der Waals surface area (Å²) in [6.45, 7) is 2.23. The largest absolute Gasteiger partial charge is 0.396 e. The van der Waals surface area contributed by atoms with Gasteiger partial charge in [0, 0.05) is 17.6 Å². The summed E-state index contributed by atoms with van der Waals surface area (Å²) in [6, 6.07) is 3.89. The molecule has 0 spiro atoms. The van der Waals surface area contributed by atoms with Gasteiger partial charge in [-0.3, -0.25) is 4.79 Å². The molecule has 0 aliphatic carbocycles. The number of hydrogen-bond donors (Lipinski definition) is 2. The third-order valence-electron chi connectivity index (χ3n) is 2.10. The molecule has 0 aromatic heterocycles. The maximum absolute atomic E-state index is 12.8. The van der Waals surface area contributed by atoms with Crippen molar-refractivity contribution in [3.63, 3.8) is 0 Å². The van der Waals surface area contributed by atoms with Gasteiger partial charge in [-0.25, -0.2) is 4.39 Å². The van der Waals surface area contributed by atoms with E-state index in [4.69, 9.17) is 5.11 Å². The maximum Gasteiger partial charge on any atom is 0.252 e. The van der Waals surface area contributed by atoms with Crippen LogP contribution in [0.5, 0.6) is 0 Å². The first-order chi connectivity index (χ1) is 7.54. The molecule has 16 heavy (non-hydrogen) atoms. The average Bonchev–Trinajstić information content (AvgIpc) is 2.25. The number of carbonyl (C=O) groups is 1. The van der Waals surface area contributed by atoms with Crippen LogP contribution < -0.4 is 5.32 Å². The van der Waals surface area contributed by atoms with Crippen molar-refractivity contribution in [1.29, 1.82) is 0 Å². The van der Waals surface area contributed by atoms with Crippen molar-refractivity contribution in [3.8, 4) is 0 Å². The molecule has 5 heteroatoms. The molecule has 0 aliphatic rings. The minimum Gasteiger partial charge on any atom is -0.396 e. The summed E-state index contributed by atoms with van der Waals surface area (Å²) in [4.78, 5) is 11.7. The van der Waals surface area contributed by atoms with Crippen molar-refractivity contribution in [1.82, 2.24) is 5.32 Å². The zero-order chi connectivity index (χ0) is 12.1. The third-order valence-corrected chi connectivity index (χ3v) is 2.75. The van der Waals surface area contributed by atoms with E-state index in [0.717, 1.165) is 0 Å². The van der Waals surface area contributed by atoms with Gasteiger partial charge in [0.15, 0.2) is 0 Å². The summed E-state index contributed by atoms with van der Waals surface area (Å²) in [5.74, 6) is -0.678. The molecule has 0 heterocycles. The van der Waals surface area contributed by atoms with Gasteiger partial charge in [-0.05, 0) is 40.0 Å². The predicted molar refractivity (Wildman–Crippen MR) is 62.7 cm³/mol. The number of carbonyl (C=O) groups excluding carboxylic acids is 1. The second-order valence-electron chi connectivity index (χ2n) is 3.62. The van der Waals surface area contributed by atoms with Crippen molar-refractivity contribution >= 4 is 21.8 Å². The van der Waals surface area contributed by atoms with Gasteiger partial charge in [0.2, 0.25) is 0 Å². The second-order valence-corrected chi connectivity index (χ2v) is 4.48. The summed E-state index contributed by atoms with van der Waals surface area (Å²) in [6.07, 6.45) is 0. The number of benzene rings is 1. The van der Waals surface area contributed by atoms with E-state index in [1.165, 1.54) is 18.2 Å². The lowest BCUT2D eigenvalue weighted by atomic mass is 10.1. The van der Waals surface area contributed by atoms with Gasteiger partial charge < -0.3 is 10.4 Å². The summed E-state index contributed by atoms with van der Waals surface area (Å²) in [5, 5.41) is 11.5. The minimum atomic E-state index is -0.396. The highest BCUT2D eigenvalue weighted by atomic mass is 79.9. The Kier molecular flexibility index (Phi) is 4.89. The van der Waals surface area contributed by atoms with Crippen LogP contribution in [-0.4, -0.2) is 24.2 Å². The van der Waals surface area contributed by atoms with Crippen molar-refractivity contribution in [3.05, 3.63) is 34.1 Å². The van der Waals surface area contributed by atoms with Gasteiger partial charge in [-0.1, -0.05) is 6.92 Å². The van der Waals surface area contributed by atoms with Crippen molar-refractivity contribution in [2.24, 2.45) is 5.92 Å². The van der Waals surface area contributed by atoms with Crippen LogP contribution in [0.15, 0.2) is 22.7 Å². The van der Waals surface area contributed by atoms with Crippen LogP contribution in [0.2, 0.25) is 0 Å². The molecule has 0 saturated heterocycles. The topological polar surface area (TPSA) is 49.3 Å². The zero-order valence-electron chi connectivity index (χ0n) is 8.84. The number of aliphatic hydroxyl groups is 1. The zero-order valence-corrected chi connectivity index (χ0v) is 10.4. The molecule has 0 aliphatic heterocycles. The quantitative estimate of drug-likeness (QED) is 0.890. The Morgan fingerprint density at radius 1 is 1.62 bits per heavy atom. The van der Waals surface area contributed by atoms with Gasteiger partial charge >= 0.3 is 0 Å². The normalized spacial score (nSPS) is 12.2. The molecule has 0 saturated carbocycles. The molecular weight excluding hydrogens is 277 g/mol. The van der Waals surface area contributed by atoms with Crippen LogP contribution in [-0.2, 0) is 0 Å². The van der Waals surface area contributed by atoms with Crippen molar-refractivity contribution in [2.75, 3.05) is 13.2 Å². The van der Waals surface area contributed by atoms with Gasteiger partial charge in [0.25, 0.3) is 5.91 Å². The molecule has 0 radical (unpaired) electrons. The Balaban J connectivity index is 2.66. The van der Waals surface area contributed by atoms with Gasteiger partial charge in [0.1, 0.15) is 5.82 Å². The summed E-state index contributed by atoms with van der Waals surface area (Å²) < 4.78 is 13.2. The lowest BCUT2D eigenvalue weighted by Gasteiger charge is -2.10. The van der Waals surface area contributed by atoms with E-state index < -0.39 is 5.82 Å². The van der Waals surface area contributed by atoms with E-state index in [2.05, 4.69) is 21.2 Å². The highest BCUT2D eigenvalue weighted by Gasteiger charge is 2.11. The van der Waals surface area contributed by atoms with E-state index in [1.54, 1.807) is 0 Å². The van der Waals surface area contributed by atoms with Gasteiger partial charge in [-0.2, -0.15) is 0 Å². The highest BCUT2D eigenvalue weighted by molar-refractivity contribution is 9.10. The molecule has 2 N–H and O–H groups in total. The molecule has 88 valence electrons. The average molecular weight is 290 g/mol. The van der Waals surface area contributed by atoms with Crippen molar-refractivity contribution in [2.45, 2.75) is 6.92 Å². The first kappa shape index (κ1) is 13.1. The Labute approximate surface area is 102 Å². The first-order valence-corrected chi connectivity index (χ1v) is 5.68. The van der Waals surface area contributed by atoms with Gasteiger partial charge in [-0.15, -0.1) is 0 Å². The Hall–Kier alpha value is -0.940. The smallest absolute Gasteiger partial charge is 0.252 e. The maximum atomic E-state index is 12.8. The van der Waals surface area contributed by atoms with Crippen LogP contribution in [0, 0.1) is 11.7 Å². The van der Waals surface area contributed by atoms with Crippen LogP contribution in [0.4, 0.5) is 4.39 Å². The molecule has 1 aromatic rings. The van der Waals surface area contributed by atoms with Crippen LogP contribution in [0.1, 0.15) is 17.3 Å². The molecular formula is C11H13BrFNO2. The predicted octanol–water partition coefficient (Wildman–Crippen LogP) is 1.95. The molecule has 0 fully saturated rings. The lowest BCUT2D eigenvalue weighted by Crippen LogP contribution is -2.29. The fraction of sp³-hybridized carbons (Fsp3) is 0.364. The summed E-state index contributed by atoms with van der Waals surface area (Å²) in [7, 11) is 0. The van der Waals surface area contributed by atoms with Crippen molar-refractivity contribution < 1.29 is 14.3 Å². The molecule has 3 nitrogen and oxygen atoms in total. The fourth-order valence-corrected chi connectivity index (χ4v) is 1.63. The standard InChI is InChI=1S/C11H13BrFNO2/c1-7(6-15)5-14-11(16)9-3-2-8(13)4-10(9)12/h2-4,7,15H,5-6H2,1H3,(H,14,16). The Bertz CT molecular complexity index is 384. The number of rotatable bonds is 4. The Morgan fingerprint density at radius 3 is 2.88 bits per heavy atom. The van der Waals surface area contributed by atoms with E-state index in [1.807, 2.05) is 6.92 Å². The van der Waals surface area contributed by atoms with Crippen LogP contribution in [0.25, 0.3) is 0 Å². The molecule has 1 rings (SSSR count). The Morgan fingerprint density at radius 2 is 2.31 bits per heavy atom. The SMILES string of the molecule is CC(CO)CNC(=O)c1ccc(F)cc1Br. The van der Waals surface area contributed by atoms with Gasteiger partial charge in [0.05, 0.1) is 5.56 Å². The number of halogens is 2. The highest BCUT2D eigenvalue weighted by Crippen LogP contribution is 2.17. The first-order valence-electron chi connectivity index (χ1n) is 4.88. The molecule has 1 aromatic carbocycles. The minimum absolute atomic E-state index is 0.00294. The van der Waals surface area contributed by atoms with E-state index in [-0.39, 0.29) is 18.4 Å². The third kappa shape index (κ3) is 3.57. The second kappa shape index (κ2) is 5.96. The molecule has 1 amide bonds.